The second-order valence-electron chi connectivity index (χ2n) is 4.69. The Balaban J connectivity index is 1.94. The van der Waals surface area contributed by atoms with E-state index in [0.717, 1.165) is 12.8 Å². The molecular weight excluding hydrogens is 296 g/mol. The van der Waals surface area contributed by atoms with Crippen LogP contribution in [0.25, 0.3) is 0 Å². The molecule has 1 aliphatic heterocycles. The number of halogens is 1. The predicted molar refractivity (Wildman–Crippen MR) is 77.9 cm³/mol. The molecule has 2 rings (SSSR count). The number of nitrogens with one attached hydrogen (secondary N) is 1. The average molecular weight is 315 g/mol. The summed E-state index contributed by atoms with van der Waals surface area (Å²) in [7, 11) is 1.58. The van der Waals surface area contributed by atoms with Crippen molar-refractivity contribution in [2.75, 3.05) is 33.5 Å². The summed E-state index contributed by atoms with van der Waals surface area (Å²) < 4.78 is 15.9. The van der Waals surface area contributed by atoms with E-state index in [0.29, 0.717) is 42.8 Å². The molecule has 1 aliphatic rings. The van der Waals surface area contributed by atoms with Crippen molar-refractivity contribution in [2.45, 2.75) is 18.9 Å². The van der Waals surface area contributed by atoms with Gasteiger partial charge >= 0.3 is 0 Å². The summed E-state index contributed by atoms with van der Waals surface area (Å²) in [6.45, 7) is 2.26. The first-order chi connectivity index (χ1) is 10.2. The Morgan fingerprint density at radius 3 is 2.95 bits per heavy atom. The van der Waals surface area contributed by atoms with Gasteiger partial charge in [0.1, 0.15) is 11.1 Å². The van der Waals surface area contributed by atoms with Crippen LogP contribution in [-0.4, -0.2) is 50.5 Å². The van der Waals surface area contributed by atoms with E-state index in [1.165, 1.54) is 6.20 Å². The van der Waals surface area contributed by atoms with Crippen molar-refractivity contribution in [3.63, 3.8) is 0 Å². The van der Waals surface area contributed by atoms with Gasteiger partial charge in [-0.15, -0.1) is 0 Å². The van der Waals surface area contributed by atoms with E-state index in [-0.39, 0.29) is 12.0 Å². The van der Waals surface area contributed by atoms with Crippen LogP contribution in [0.4, 0.5) is 0 Å². The van der Waals surface area contributed by atoms with Gasteiger partial charge in [-0.2, -0.15) is 0 Å². The Morgan fingerprint density at radius 1 is 1.52 bits per heavy atom. The first kappa shape index (κ1) is 16.0. The second-order valence-corrected chi connectivity index (χ2v) is 5.10. The largest absolute Gasteiger partial charge is 0.473 e. The smallest absolute Gasteiger partial charge is 0.252 e. The summed E-state index contributed by atoms with van der Waals surface area (Å²) in [5.74, 6) is 0.121. The van der Waals surface area contributed by atoms with Crippen LogP contribution < -0.4 is 10.1 Å². The minimum absolute atomic E-state index is 0.0603. The number of aromatic nitrogens is 1. The van der Waals surface area contributed by atoms with Crippen LogP contribution in [0.3, 0.4) is 0 Å². The van der Waals surface area contributed by atoms with Gasteiger partial charge in [-0.05, 0) is 6.07 Å². The molecule has 0 bridgehead atoms. The lowest BCUT2D eigenvalue weighted by atomic mass is 10.1. The Bertz CT molecular complexity index is 478. The Labute approximate surface area is 128 Å². The molecule has 1 aromatic heterocycles. The molecule has 2 heterocycles. The minimum atomic E-state index is -0.237. The number of carbonyl (C=O) groups is 1. The van der Waals surface area contributed by atoms with E-state index in [2.05, 4.69) is 10.3 Å². The molecule has 7 heteroatoms. The van der Waals surface area contributed by atoms with Crippen LogP contribution in [0.15, 0.2) is 12.3 Å². The molecule has 0 saturated carbocycles. The molecule has 116 valence electrons. The van der Waals surface area contributed by atoms with E-state index in [4.69, 9.17) is 25.8 Å². The van der Waals surface area contributed by atoms with Gasteiger partial charge in [0.05, 0.1) is 25.4 Å². The van der Waals surface area contributed by atoms with E-state index < -0.39 is 0 Å². The third kappa shape index (κ3) is 4.84. The zero-order valence-corrected chi connectivity index (χ0v) is 12.7. The lowest BCUT2D eigenvalue weighted by molar-refractivity contribution is 0.0238. The Morgan fingerprint density at radius 2 is 2.29 bits per heavy atom. The van der Waals surface area contributed by atoms with Crippen LogP contribution in [0.5, 0.6) is 5.88 Å². The number of hydrogen-bond acceptors (Lipinski definition) is 5. The molecule has 0 aliphatic carbocycles. The van der Waals surface area contributed by atoms with Crippen molar-refractivity contribution < 1.29 is 19.0 Å². The summed E-state index contributed by atoms with van der Waals surface area (Å²) in [4.78, 5) is 16.0. The summed E-state index contributed by atoms with van der Waals surface area (Å²) in [5, 5.41) is 3.04. The predicted octanol–water partition coefficient (Wildman–Crippen LogP) is 1.67. The number of amides is 1. The zero-order valence-electron chi connectivity index (χ0n) is 11.9. The highest BCUT2D eigenvalue weighted by atomic mass is 35.5. The first-order valence-electron chi connectivity index (χ1n) is 6.88. The quantitative estimate of drug-likeness (QED) is 0.809. The molecule has 1 aromatic rings. The summed E-state index contributed by atoms with van der Waals surface area (Å²) in [6, 6.07) is 1.56. The van der Waals surface area contributed by atoms with Gasteiger partial charge in [-0.3, -0.25) is 4.79 Å². The van der Waals surface area contributed by atoms with Gasteiger partial charge in [0.15, 0.2) is 0 Å². The van der Waals surface area contributed by atoms with Gasteiger partial charge < -0.3 is 19.5 Å². The summed E-state index contributed by atoms with van der Waals surface area (Å²) >= 11 is 6.13. The van der Waals surface area contributed by atoms with Crippen molar-refractivity contribution in [1.82, 2.24) is 10.3 Å². The number of ether oxygens (including phenoxy) is 3. The lowest BCUT2D eigenvalue weighted by Crippen LogP contribution is -2.28. The highest BCUT2D eigenvalue weighted by molar-refractivity contribution is 6.32. The van der Waals surface area contributed by atoms with Crippen LogP contribution in [0.1, 0.15) is 23.2 Å². The minimum Gasteiger partial charge on any atom is -0.473 e. The highest BCUT2D eigenvalue weighted by Crippen LogP contribution is 2.25. The van der Waals surface area contributed by atoms with Crippen molar-refractivity contribution in [1.29, 1.82) is 0 Å². The van der Waals surface area contributed by atoms with E-state index in [1.54, 1.807) is 13.2 Å². The van der Waals surface area contributed by atoms with E-state index in [1.807, 2.05) is 0 Å². The maximum absolute atomic E-state index is 11.9. The van der Waals surface area contributed by atoms with Crippen molar-refractivity contribution in [2.24, 2.45) is 0 Å². The Hall–Kier alpha value is -1.37. The monoisotopic (exact) mass is 314 g/mol. The van der Waals surface area contributed by atoms with Gasteiger partial charge in [0.2, 0.25) is 5.88 Å². The van der Waals surface area contributed by atoms with Gasteiger partial charge in [-0.1, -0.05) is 11.6 Å². The SMILES string of the molecule is COCCNC(=O)c1cnc(OC2CCOCC2)c(Cl)c1. The number of carbonyl (C=O) groups excluding carboxylic acids is 1. The number of rotatable bonds is 6. The lowest BCUT2D eigenvalue weighted by Gasteiger charge is -2.23. The van der Waals surface area contributed by atoms with Crippen LogP contribution in [0, 0.1) is 0 Å². The van der Waals surface area contributed by atoms with Crippen molar-refractivity contribution in [3.05, 3.63) is 22.8 Å². The fourth-order valence-corrected chi connectivity index (χ4v) is 2.17. The molecule has 0 radical (unpaired) electrons. The fraction of sp³-hybridized carbons (Fsp3) is 0.571. The van der Waals surface area contributed by atoms with Crippen LogP contribution >= 0.6 is 11.6 Å². The number of nitrogens with zero attached hydrogens (tertiary/aromatic N) is 1. The van der Waals surface area contributed by atoms with Crippen LogP contribution in [0.2, 0.25) is 5.02 Å². The number of methoxy groups -OCH3 is 1. The van der Waals surface area contributed by atoms with E-state index in [9.17, 15) is 4.79 Å². The molecule has 0 unspecified atom stereocenters. The molecule has 0 aromatic carbocycles. The maximum atomic E-state index is 11.9. The number of hydrogen-bond donors (Lipinski definition) is 1. The second kappa shape index (κ2) is 8.17. The normalized spacial score (nSPS) is 15.7. The maximum Gasteiger partial charge on any atom is 0.252 e. The molecule has 21 heavy (non-hydrogen) atoms. The fourth-order valence-electron chi connectivity index (χ4n) is 1.96. The molecule has 1 saturated heterocycles. The third-order valence-corrected chi connectivity index (χ3v) is 3.38. The highest BCUT2D eigenvalue weighted by Gasteiger charge is 2.18. The molecule has 1 fully saturated rings. The molecule has 6 nitrogen and oxygen atoms in total. The number of pyridine rings is 1. The standard InChI is InChI=1S/C14H19ClN2O4/c1-19-7-4-16-13(18)10-8-12(15)14(17-9-10)21-11-2-5-20-6-3-11/h8-9,11H,2-7H2,1H3,(H,16,18). The van der Waals surface area contributed by atoms with E-state index >= 15 is 0 Å². The first-order valence-corrected chi connectivity index (χ1v) is 7.25. The topological polar surface area (TPSA) is 69.7 Å². The van der Waals surface area contributed by atoms with Crippen molar-refractivity contribution in [3.8, 4) is 5.88 Å². The van der Waals surface area contributed by atoms with Gasteiger partial charge in [-0.25, -0.2) is 4.98 Å². The molecular formula is C14H19ClN2O4. The molecule has 1 amide bonds. The molecule has 0 atom stereocenters. The molecule has 0 spiro atoms. The summed E-state index contributed by atoms with van der Waals surface area (Å²) in [6.07, 6.45) is 3.15. The zero-order chi connectivity index (χ0) is 15.1. The van der Waals surface area contributed by atoms with Gasteiger partial charge in [0, 0.05) is 32.7 Å². The van der Waals surface area contributed by atoms with Gasteiger partial charge in [0.25, 0.3) is 5.91 Å². The van der Waals surface area contributed by atoms with Crippen LogP contribution in [-0.2, 0) is 9.47 Å². The summed E-state index contributed by atoms with van der Waals surface area (Å²) in [5.41, 5.74) is 0.399. The molecule has 1 N–H and O–H groups in total. The van der Waals surface area contributed by atoms with Crippen molar-refractivity contribution >= 4 is 17.5 Å². The third-order valence-electron chi connectivity index (χ3n) is 3.11. The Kier molecular flexibility index (Phi) is 6.22. The average Bonchev–Trinajstić information content (AvgIpc) is 2.50.